The number of hydrogen-bond donors (Lipinski definition) is 2. The molecule has 8 heteroatoms. The molecule has 0 spiro atoms. The summed E-state index contributed by atoms with van der Waals surface area (Å²) < 4.78 is 0. The number of carbonyl (C=O) groups excluding carboxylic acids is 1. The summed E-state index contributed by atoms with van der Waals surface area (Å²) in [4.78, 5) is 25.5. The van der Waals surface area contributed by atoms with Crippen molar-refractivity contribution in [2.24, 2.45) is 0 Å². The number of para-hydroxylation sites is 1. The van der Waals surface area contributed by atoms with Crippen molar-refractivity contribution in [3.63, 3.8) is 0 Å². The molecule has 0 radical (unpaired) electrons. The lowest BCUT2D eigenvalue weighted by atomic mass is 10.3. The van der Waals surface area contributed by atoms with Gasteiger partial charge in [0.25, 0.3) is 0 Å². The molecule has 2 rings (SSSR count). The molecule has 0 saturated carbocycles. The predicted octanol–water partition coefficient (Wildman–Crippen LogP) is 1.18. The van der Waals surface area contributed by atoms with Crippen LogP contribution in [0.25, 0.3) is 0 Å². The highest BCUT2D eigenvalue weighted by atomic mass is 32.2. The highest BCUT2D eigenvalue weighted by Gasteiger charge is 2.15. The van der Waals surface area contributed by atoms with Crippen molar-refractivity contribution in [3.05, 3.63) is 30.3 Å². The fourth-order valence-corrected chi connectivity index (χ4v) is 2.49. The maximum absolute atomic E-state index is 12.3. The van der Waals surface area contributed by atoms with E-state index < -0.39 is 0 Å². The summed E-state index contributed by atoms with van der Waals surface area (Å²) in [5.74, 6) is 0.262. The molecule has 1 amide bonds. The van der Waals surface area contributed by atoms with Crippen LogP contribution >= 0.6 is 11.8 Å². The number of hydrogen-bond acceptors (Lipinski definition) is 7. The highest BCUT2D eigenvalue weighted by molar-refractivity contribution is 7.99. The van der Waals surface area contributed by atoms with E-state index in [0.29, 0.717) is 11.7 Å². The summed E-state index contributed by atoms with van der Waals surface area (Å²) in [6.07, 6.45) is 0. The van der Waals surface area contributed by atoms with E-state index in [1.807, 2.05) is 37.3 Å². The standard InChI is InChI=1S/C13H16N6OS/c1-2-19(9-6-4-3-5-7-9)10(20)8-21-13-17-11(14)16-12(15)18-13/h3-7H,2,8H2,1H3,(H4,14,15,16,17,18). The number of thioether (sulfide) groups is 1. The number of amides is 1. The Hall–Kier alpha value is -2.35. The molecule has 0 atom stereocenters. The van der Waals surface area contributed by atoms with Crippen molar-refractivity contribution >= 4 is 35.3 Å². The van der Waals surface area contributed by atoms with E-state index in [9.17, 15) is 4.79 Å². The van der Waals surface area contributed by atoms with E-state index in [-0.39, 0.29) is 23.6 Å². The third-order valence-electron chi connectivity index (χ3n) is 2.66. The number of anilines is 3. The molecule has 0 aliphatic rings. The second-order valence-electron chi connectivity index (χ2n) is 4.10. The lowest BCUT2D eigenvalue weighted by molar-refractivity contribution is -0.116. The first kappa shape index (κ1) is 15.0. The SMILES string of the molecule is CCN(C(=O)CSc1nc(N)nc(N)n1)c1ccccc1. The lowest BCUT2D eigenvalue weighted by Crippen LogP contribution is -2.32. The van der Waals surface area contributed by atoms with E-state index in [2.05, 4.69) is 15.0 Å². The van der Waals surface area contributed by atoms with Gasteiger partial charge in [-0.05, 0) is 19.1 Å². The van der Waals surface area contributed by atoms with E-state index >= 15 is 0 Å². The molecule has 21 heavy (non-hydrogen) atoms. The van der Waals surface area contributed by atoms with Crippen LogP contribution in [0.1, 0.15) is 6.92 Å². The molecule has 0 unspecified atom stereocenters. The maximum Gasteiger partial charge on any atom is 0.237 e. The summed E-state index contributed by atoms with van der Waals surface area (Å²) in [6.45, 7) is 2.51. The Labute approximate surface area is 126 Å². The molecular formula is C13H16N6OS. The van der Waals surface area contributed by atoms with Crippen LogP contribution in [-0.2, 0) is 4.79 Å². The Kier molecular flexibility index (Phi) is 4.94. The summed E-state index contributed by atoms with van der Waals surface area (Å²) in [6, 6.07) is 9.49. The van der Waals surface area contributed by atoms with Crippen molar-refractivity contribution in [2.45, 2.75) is 12.1 Å². The van der Waals surface area contributed by atoms with Crippen LogP contribution < -0.4 is 16.4 Å². The van der Waals surface area contributed by atoms with Crippen LogP contribution in [0.5, 0.6) is 0 Å². The molecule has 1 aromatic heterocycles. The Bertz CT molecular complexity index is 601. The zero-order chi connectivity index (χ0) is 15.2. The van der Waals surface area contributed by atoms with Gasteiger partial charge in [0.15, 0.2) is 5.16 Å². The van der Waals surface area contributed by atoms with Crippen LogP contribution in [0.3, 0.4) is 0 Å². The molecule has 0 bridgehead atoms. The van der Waals surface area contributed by atoms with Gasteiger partial charge in [-0.1, -0.05) is 30.0 Å². The summed E-state index contributed by atoms with van der Waals surface area (Å²) >= 11 is 1.18. The molecule has 0 saturated heterocycles. The monoisotopic (exact) mass is 304 g/mol. The third-order valence-corrected chi connectivity index (χ3v) is 3.49. The van der Waals surface area contributed by atoms with Crippen molar-refractivity contribution < 1.29 is 4.79 Å². The average Bonchev–Trinajstić information content (AvgIpc) is 2.46. The Morgan fingerprint density at radius 1 is 1.14 bits per heavy atom. The maximum atomic E-state index is 12.3. The van der Waals surface area contributed by atoms with Crippen LogP contribution in [0.2, 0.25) is 0 Å². The fraction of sp³-hybridized carbons (Fsp3) is 0.231. The van der Waals surface area contributed by atoms with Crippen molar-refractivity contribution in [1.29, 1.82) is 0 Å². The number of nitrogens with zero attached hydrogens (tertiary/aromatic N) is 4. The molecule has 0 fully saturated rings. The van der Waals surface area contributed by atoms with Gasteiger partial charge in [-0.15, -0.1) is 0 Å². The quantitative estimate of drug-likeness (QED) is 0.798. The van der Waals surface area contributed by atoms with Gasteiger partial charge >= 0.3 is 0 Å². The molecule has 0 aliphatic heterocycles. The van der Waals surface area contributed by atoms with Gasteiger partial charge in [0, 0.05) is 12.2 Å². The predicted molar refractivity (Wildman–Crippen MR) is 83.8 cm³/mol. The van der Waals surface area contributed by atoms with E-state index in [1.54, 1.807) is 4.90 Å². The first-order valence-corrected chi connectivity index (χ1v) is 7.34. The van der Waals surface area contributed by atoms with Gasteiger partial charge in [0.05, 0.1) is 5.75 Å². The van der Waals surface area contributed by atoms with Crippen LogP contribution in [0, 0.1) is 0 Å². The van der Waals surface area contributed by atoms with Crippen LogP contribution in [-0.4, -0.2) is 33.2 Å². The minimum Gasteiger partial charge on any atom is -0.368 e. The van der Waals surface area contributed by atoms with Gasteiger partial charge in [0.1, 0.15) is 0 Å². The first-order valence-electron chi connectivity index (χ1n) is 6.35. The van der Waals surface area contributed by atoms with E-state index in [4.69, 9.17) is 11.5 Å². The smallest absolute Gasteiger partial charge is 0.237 e. The third kappa shape index (κ3) is 4.06. The van der Waals surface area contributed by atoms with E-state index in [1.165, 1.54) is 11.8 Å². The van der Waals surface area contributed by atoms with Crippen molar-refractivity contribution in [3.8, 4) is 0 Å². The molecule has 1 heterocycles. The molecular weight excluding hydrogens is 288 g/mol. The van der Waals surface area contributed by atoms with Gasteiger partial charge in [0.2, 0.25) is 17.8 Å². The largest absolute Gasteiger partial charge is 0.368 e. The number of nitrogen functional groups attached to an aromatic ring is 2. The van der Waals surface area contributed by atoms with Gasteiger partial charge < -0.3 is 16.4 Å². The number of rotatable bonds is 5. The van der Waals surface area contributed by atoms with Crippen LogP contribution in [0.4, 0.5) is 17.6 Å². The van der Waals surface area contributed by atoms with Crippen LogP contribution in [0.15, 0.2) is 35.5 Å². The highest BCUT2D eigenvalue weighted by Crippen LogP contribution is 2.18. The topological polar surface area (TPSA) is 111 Å². The Morgan fingerprint density at radius 3 is 2.33 bits per heavy atom. The number of benzene rings is 1. The van der Waals surface area contributed by atoms with Crippen molar-refractivity contribution in [2.75, 3.05) is 28.7 Å². The fourth-order valence-electron chi connectivity index (χ4n) is 1.77. The molecule has 110 valence electrons. The molecule has 2 aromatic rings. The molecule has 0 aliphatic carbocycles. The second-order valence-corrected chi connectivity index (χ2v) is 5.04. The molecule has 4 N–H and O–H groups in total. The minimum absolute atomic E-state index is 0.0359. The van der Waals surface area contributed by atoms with Gasteiger partial charge in [-0.3, -0.25) is 4.79 Å². The lowest BCUT2D eigenvalue weighted by Gasteiger charge is -2.20. The zero-order valence-corrected chi connectivity index (χ0v) is 12.4. The minimum atomic E-state index is -0.0359. The average molecular weight is 304 g/mol. The number of nitrogens with two attached hydrogens (primary N) is 2. The Morgan fingerprint density at radius 2 is 1.76 bits per heavy atom. The zero-order valence-electron chi connectivity index (χ0n) is 11.6. The number of aromatic nitrogens is 3. The second kappa shape index (κ2) is 6.89. The normalized spacial score (nSPS) is 10.3. The van der Waals surface area contributed by atoms with Gasteiger partial charge in [-0.25, -0.2) is 0 Å². The summed E-state index contributed by atoms with van der Waals surface area (Å²) in [7, 11) is 0. The molecule has 1 aromatic carbocycles. The van der Waals surface area contributed by atoms with Gasteiger partial charge in [-0.2, -0.15) is 15.0 Å². The Balaban J connectivity index is 2.03. The number of carbonyl (C=O) groups is 1. The summed E-state index contributed by atoms with van der Waals surface area (Å²) in [5.41, 5.74) is 11.8. The molecule has 7 nitrogen and oxygen atoms in total. The first-order chi connectivity index (χ1) is 10.1. The van der Waals surface area contributed by atoms with Crippen molar-refractivity contribution in [1.82, 2.24) is 15.0 Å². The summed E-state index contributed by atoms with van der Waals surface area (Å²) in [5, 5.41) is 0.345. The van der Waals surface area contributed by atoms with E-state index in [0.717, 1.165) is 5.69 Å².